The fraction of sp³-hybridized carbons (Fsp3) is 0.370. The topological polar surface area (TPSA) is 81.8 Å². The first-order chi connectivity index (χ1) is 16.5. The van der Waals surface area contributed by atoms with Gasteiger partial charge in [0.1, 0.15) is 0 Å². The third-order valence-corrected chi connectivity index (χ3v) is 6.79. The van der Waals surface area contributed by atoms with Crippen LogP contribution in [-0.4, -0.2) is 42.3 Å². The van der Waals surface area contributed by atoms with Crippen LogP contribution in [0.1, 0.15) is 48.7 Å². The number of anilines is 1. The average Bonchev–Trinajstić information content (AvgIpc) is 2.89. The number of rotatable bonds is 8. The first-order valence-electron chi connectivity index (χ1n) is 12.0. The number of fused-ring (bicyclic) bond motifs is 1. The van der Waals surface area contributed by atoms with Gasteiger partial charge in [0.15, 0.2) is 0 Å². The van der Waals surface area contributed by atoms with Crippen LogP contribution in [-0.2, 0) is 9.59 Å². The molecule has 2 N–H and O–H groups in total. The summed E-state index contributed by atoms with van der Waals surface area (Å²) in [6.45, 7) is 6.43. The summed E-state index contributed by atoms with van der Waals surface area (Å²) in [6.07, 6.45) is 5.04. The molecular weight excluding hydrogens is 428 g/mol. The van der Waals surface area contributed by atoms with Gasteiger partial charge in [-0.25, -0.2) is 5.01 Å². The van der Waals surface area contributed by atoms with E-state index < -0.39 is 0 Å². The molecule has 7 heteroatoms. The van der Waals surface area contributed by atoms with Crippen molar-refractivity contribution in [2.24, 2.45) is 11.8 Å². The van der Waals surface area contributed by atoms with E-state index in [0.29, 0.717) is 30.6 Å². The normalized spacial score (nSPS) is 20.6. The molecule has 2 aromatic rings. The molecule has 7 nitrogen and oxygen atoms in total. The first kappa shape index (κ1) is 23.7. The van der Waals surface area contributed by atoms with E-state index in [1.54, 1.807) is 24.3 Å². The predicted molar refractivity (Wildman–Crippen MR) is 132 cm³/mol. The minimum atomic E-state index is -0.364. The Balaban J connectivity index is 1.49. The number of nitrogens with one attached hydrogen (secondary N) is 2. The van der Waals surface area contributed by atoms with Gasteiger partial charge in [-0.3, -0.25) is 24.7 Å². The van der Waals surface area contributed by atoms with E-state index in [-0.39, 0.29) is 35.6 Å². The zero-order valence-corrected chi connectivity index (χ0v) is 19.7. The molecule has 1 heterocycles. The van der Waals surface area contributed by atoms with Crippen LogP contribution in [0.3, 0.4) is 0 Å². The molecular formula is C27H32N4O3. The molecule has 34 heavy (non-hydrogen) atoms. The lowest BCUT2D eigenvalue weighted by Crippen LogP contribution is -2.59. The highest BCUT2D eigenvalue weighted by atomic mass is 16.2. The zero-order chi connectivity index (χ0) is 24.1. The maximum atomic E-state index is 13.1. The Morgan fingerprint density at radius 3 is 2.44 bits per heavy atom. The van der Waals surface area contributed by atoms with Gasteiger partial charge in [0.05, 0.1) is 23.6 Å². The number of hydrazine groups is 1. The average molecular weight is 461 g/mol. The third-order valence-electron chi connectivity index (χ3n) is 6.79. The highest BCUT2D eigenvalue weighted by Gasteiger charge is 2.42. The van der Waals surface area contributed by atoms with Crippen molar-refractivity contribution in [3.8, 4) is 0 Å². The number of carbonyl (C=O) groups is 3. The van der Waals surface area contributed by atoms with E-state index >= 15 is 0 Å². The summed E-state index contributed by atoms with van der Waals surface area (Å²) in [4.78, 5) is 41.0. The zero-order valence-electron chi connectivity index (χ0n) is 19.7. The maximum Gasteiger partial charge on any atom is 0.251 e. The molecule has 4 rings (SSSR count). The van der Waals surface area contributed by atoms with Crippen molar-refractivity contribution in [3.05, 3.63) is 77.9 Å². The second kappa shape index (κ2) is 10.7. The quantitative estimate of drug-likeness (QED) is 0.591. The summed E-state index contributed by atoms with van der Waals surface area (Å²) in [5.41, 5.74) is 4.80. The Morgan fingerprint density at radius 1 is 1.03 bits per heavy atom. The molecule has 0 radical (unpaired) electrons. The molecule has 1 aliphatic carbocycles. The number of hydrogen-bond acceptors (Lipinski definition) is 4. The van der Waals surface area contributed by atoms with Crippen molar-refractivity contribution >= 4 is 23.4 Å². The lowest BCUT2D eigenvalue weighted by Gasteiger charge is -2.38. The molecule has 3 unspecified atom stereocenters. The second-order valence-electron chi connectivity index (χ2n) is 8.71. The van der Waals surface area contributed by atoms with Gasteiger partial charge in [-0.05, 0) is 49.7 Å². The number of likely N-dealkylation sites (N-methyl/N-ethyl adjacent to an activating group) is 1. The van der Waals surface area contributed by atoms with Crippen molar-refractivity contribution in [2.45, 2.75) is 32.7 Å². The maximum absolute atomic E-state index is 13.1. The Bertz CT molecular complexity index is 1060. The summed E-state index contributed by atoms with van der Waals surface area (Å²) in [5, 5.41) is 4.36. The van der Waals surface area contributed by atoms with Crippen molar-refractivity contribution < 1.29 is 14.4 Å². The van der Waals surface area contributed by atoms with Crippen molar-refractivity contribution in [2.75, 3.05) is 24.6 Å². The first-order valence-corrected chi connectivity index (χ1v) is 12.0. The number of benzene rings is 2. The van der Waals surface area contributed by atoms with Crippen LogP contribution in [0.4, 0.5) is 5.69 Å². The van der Waals surface area contributed by atoms with Gasteiger partial charge >= 0.3 is 0 Å². The Kier molecular flexibility index (Phi) is 7.43. The Morgan fingerprint density at radius 2 is 1.74 bits per heavy atom. The minimum absolute atomic E-state index is 0.0579. The SMILES string of the molecule is CCN(CC)C(CNC(=O)c1cccc(N2NC(=O)C3CC=CCC3C2=O)c1)c1ccccc1. The van der Waals surface area contributed by atoms with Gasteiger partial charge in [0.25, 0.3) is 5.91 Å². The van der Waals surface area contributed by atoms with Crippen LogP contribution >= 0.6 is 0 Å². The second-order valence-corrected chi connectivity index (χ2v) is 8.71. The number of allylic oxidation sites excluding steroid dienone is 2. The molecule has 2 aromatic carbocycles. The smallest absolute Gasteiger partial charge is 0.251 e. The summed E-state index contributed by atoms with van der Waals surface area (Å²) >= 11 is 0. The highest BCUT2D eigenvalue weighted by Crippen LogP contribution is 2.32. The van der Waals surface area contributed by atoms with Gasteiger partial charge in [0.2, 0.25) is 11.8 Å². The number of carbonyl (C=O) groups excluding carboxylic acids is 3. The van der Waals surface area contributed by atoms with Gasteiger partial charge in [-0.15, -0.1) is 0 Å². The van der Waals surface area contributed by atoms with E-state index in [1.807, 2.05) is 30.4 Å². The third kappa shape index (κ3) is 4.89. The molecule has 0 saturated carbocycles. The van der Waals surface area contributed by atoms with Crippen molar-refractivity contribution in [3.63, 3.8) is 0 Å². The number of nitrogens with zero attached hydrogens (tertiary/aromatic N) is 2. The summed E-state index contributed by atoms with van der Waals surface area (Å²) in [7, 11) is 0. The molecule has 2 aliphatic rings. The predicted octanol–water partition coefficient (Wildman–Crippen LogP) is 3.46. The van der Waals surface area contributed by atoms with Gasteiger partial charge in [-0.1, -0.05) is 62.4 Å². The largest absolute Gasteiger partial charge is 0.350 e. The van der Waals surface area contributed by atoms with Crippen LogP contribution in [0.25, 0.3) is 0 Å². The summed E-state index contributed by atoms with van der Waals surface area (Å²) in [6, 6.07) is 17.1. The fourth-order valence-electron chi connectivity index (χ4n) is 4.86. The molecule has 0 bridgehead atoms. The van der Waals surface area contributed by atoms with Gasteiger partial charge < -0.3 is 5.32 Å². The molecule has 3 amide bonds. The van der Waals surface area contributed by atoms with E-state index in [9.17, 15) is 14.4 Å². The minimum Gasteiger partial charge on any atom is -0.350 e. The molecule has 3 atom stereocenters. The van der Waals surface area contributed by atoms with Crippen LogP contribution in [0.5, 0.6) is 0 Å². The van der Waals surface area contributed by atoms with E-state index in [2.05, 4.69) is 41.6 Å². The highest BCUT2D eigenvalue weighted by molar-refractivity contribution is 6.05. The molecule has 1 aliphatic heterocycles. The summed E-state index contributed by atoms with van der Waals surface area (Å²) in [5.74, 6) is -1.21. The van der Waals surface area contributed by atoms with Crippen molar-refractivity contribution in [1.82, 2.24) is 15.6 Å². The van der Waals surface area contributed by atoms with E-state index in [0.717, 1.165) is 18.7 Å². The monoisotopic (exact) mass is 460 g/mol. The van der Waals surface area contributed by atoms with Crippen LogP contribution in [0.2, 0.25) is 0 Å². The molecule has 1 saturated heterocycles. The van der Waals surface area contributed by atoms with Crippen LogP contribution in [0, 0.1) is 11.8 Å². The molecule has 0 aromatic heterocycles. The molecule has 0 spiro atoms. The lowest BCUT2D eigenvalue weighted by atomic mass is 9.80. The number of hydrogen-bond donors (Lipinski definition) is 2. The van der Waals surface area contributed by atoms with Gasteiger partial charge in [0, 0.05) is 12.1 Å². The Hall–Kier alpha value is -3.45. The lowest BCUT2D eigenvalue weighted by molar-refractivity contribution is -0.139. The number of amides is 3. The van der Waals surface area contributed by atoms with E-state index in [1.165, 1.54) is 5.01 Å². The van der Waals surface area contributed by atoms with Gasteiger partial charge in [-0.2, -0.15) is 0 Å². The molecule has 178 valence electrons. The van der Waals surface area contributed by atoms with Crippen molar-refractivity contribution in [1.29, 1.82) is 0 Å². The standard InChI is InChI=1S/C27H32N4O3/c1-3-30(4-2)24(19-11-6-5-7-12-19)18-28-25(32)20-13-10-14-21(17-20)31-27(34)23-16-9-8-15-22(23)26(33)29-31/h5-14,17,22-24H,3-4,15-16,18H2,1-2H3,(H,28,32)(H,29,33). The summed E-state index contributed by atoms with van der Waals surface area (Å²) < 4.78 is 0. The van der Waals surface area contributed by atoms with Crippen LogP contribution in [0.15, 0.2) is 66.7 Å². The Labute approximate surface area is 200 Å². The fourth-order valence-corrected chi connectivity index (χ4v) is 4.86. The molecule has 1 fully saturated rings. The van der Waals surface area contributed by atoms with E-state index in [4.69, 9.17) is 0 Å². The van der Waals surface area contributed by atoms with Crippen LogP contribution < -0.4 is 15.8 Å².